The fourth-order valence-electron chi connectivity index (χ4n) is 2.94. The number of unbranched alkanes of at least 4 members (excludes halogenated alkanes) is 1. The number of hydrogen-bond acceptors (Lipinski definition) is 5. The summed E-state index contributed by atoms with van der Waals surface area (Å²) < 4.78 is 27.2. The summed E-state index contributed by atoms with van der Waals surface area (Å²) in [7, 11) is -3.44. The third-order valence-electron chi connectivity index (χ3n) is 4.45. The van der Waals surface area contributed by atoms with Crippen LogP contribution in [0.25, 0.3) is 0 Å². The van der Waals surface area contributed by atoms with Crippen molar-refractivity contribution in [2.45, 2.75) is 31.1 Å². The first-order valence-corrected chi connectivity index (χ1v) is 10.2. The second-order valence-electron chi connectivity index (χ2n) is 6.19. The average Bonchev–Trinajstić information content (AvgIpc) is 2.67. The molecule has 0 N–H and O–H groups in total. The molecule has 0 amide bonds. The fourth-order valence-corrected chi connectivity index (χ4v) is 4.36. The summed E-state index contributed by atoms with van der Waals surface area (Å²) in [6, 6.07) is 9.08. The molecule has 1 aliphatic heterocycles. The van der Waals surface area contributed by atoms with E-state index in [0.717, 1.165) is 19.3 Å². The monoisotopic (exact) mass is 360 g/mol. The average molecular weight is 360 g/mol. The van der Waals surface area contributed by atoms with Crippen LogP contribution in [0.15, 0.2) is 47.6 Å². The third kappa shape index (κ3) is 4.16. The zero-order valence-corrected chi connectivity index (χ0v) is 15.3. The van der Waals surface area contributed by atoms with Crippen LogP contribution in [-0.2, 0) is 16.4 Å². The summed E-state index contributed by atoms with van der Waals surface area (Å²) in [6.07, 6.45) is 6.65. The zero-order valence-electron chi connectivity index (χ0n) is 14.5. The SMILES string of the molecule is CCCCc1ccc(S(=O)(=O)N2CCN(c3ncccn3)CC2)cc1. The number of piperazine rings is 1. The highest BCUT2D eigenvalue weighted by Gasteiger charge is 2.29. The van der Waals surface area contributed by atoms with Crippen LogP contribution in [0.5, 0.6) is 0 Å². The lowest BCUT2D eigenvalue weighted by Crippen LogP contribution is -2.49. The predicted molar refractivity (Wildman–Crippen MR) is 98.1 cm³/mol. The Morgan fingerprint density at radius 2 is 1.64 bits per heavy atom. The normalized spacial score (nSPS) is 16.1. The molecule has 0 saturated carbocycles. The van der Waals surface area contributed by atoms with Crippen molar-refractivity contribution in [1.82, 2.24) is 14.3 Å². The van der Waals surface area contributed by atoms with Crippen molar-refractivity contribution in [2.75, 3.05) is 31.1 Å². The van der Waals surface area contributed by atoms with Gasteiger partial charge in [-0.05, 0) is 36.6 Å². The van der Waals surface area contributed by atoms with Crippen LogP contribution >= 0.6 is 0 Å². The van der Waals surface area contributed by atoms with Crippen molar-refractivity contribution >= 4 is 16.0 Å². The molecule has 1 aromatic heterocycles. The van der Waals surface area contributed by atoms with E-state index in [2.05, 4.69) is 16.9 Å². The maximum atomic E-state index is 12.8. The summed E-state index contributed by atoms with van der Waals surface area (Å²) in [5.74, 6) is 0.653. The van der Waals surface area contributed by atoms with E-state index in [1.807, 2.05) is 17.0 Å². The van der Waals surface area contributed by atoms with Crippen molar-refractivity contribution in [2.24, 2.45) is 0 Å². The lowest BCUT2D eigenvalue weighted by molar-refractivity contribution is 0.382. The summed E-state index contributed by atoms with van der Waals surface area (Å²) in [5.41, 5.74) is 1.19. The number of aromatic nitrogens is 2. The third-order valence-corrected chi connectivity index (χ3v) is 6.37. The first-order valence-electron chi connectivity index (χ1n) is 8.72. The van der Waals surface area contributed by atoms with Crippen LogP contribution in [-0.4, -0.2) is 48.9 Å². The smallest absolute Gasteiger partial charge is 0.243 e. The Morgan fingerprint density at radius 1 is 1.00 bits per heavy atom. The van der Waals surface area contributed by atoms with Gasteiger partial charge in [0.15, 0.2) is 0 Å². The second kappa shape index (κ2) is 7.93. The molecule has 2 aromatic rings. The lowest BCUT2D eigenvalue weighted by atomic mass is 10.1. The van der Waals surface area contributed by atoms with E-state index in [4.69, 9.17) is 0 Å². The molecule has 134 valence electrons. The van der Waals surface area contributed by atoms with E-state index >= 15 is 0 Å². The van der Waals surface area contributed by atoms with Gasteiger partial charge in [-0.3, -0.25) is 0 Å². The highest BCUT2D eigenvalue weighted by molar-refractivity contribution is 7.89. The molecule has 2 heterocycles. The Kier molecular flexibility index (Phi) is 5.65. The van der Waals surface area contributed by atoms with Crippen molar-refractivity contribution in [1.29, 1.82) is 0 Å². The van der Waals surface area contributed by atoms with Crippen LogP contribution < -0.4 is 4.90 Å². The van der Waals surface area contributed by atoms with Gasteiger partial charge in [0.25, 0.3) is 0 Å². The molecule has 0 bridgehead atoms. The number of anilines is 1. The number of nitrogens with zero attached hydrogens (tertiary/aromatic N) is 4. The quantitative estimate of drug-likeness (QED) is 0.791. The molecule has 0 spiro atoms. The first-order chi connectivity index (χ1) is 12.1. The molecule has 7 heteroatoms. The van der Waals surface area contributed by atoms with E-state index in [9.17, 15) is 8.42 Å². The standard InChI is InChI=1S/C18H24N4O2S/c1-2-3-5-16-6-8-17(9-7-16)25(23,24)22-14-12-21(13-15-22)18-19-10-4-11-20-18/h4,6-11H,2-3,5,12-15H2,1H3. The topological polar surface area (TPSA) is 66.4 Å². The number of rotatable bonds is 6. The molecular formula is C18H24N4O2S. The van der Waals surface area contributed by atoms with Gasteiger partial charge in [0.1, 0.15) is 0 Å². The van der Waals surface area contributed by atoms with Crippen LogP contribution in [0.2, 0.25) is 0 Å². The fraction of sp³-hybridized carbons (Fsp3) is 0.444. The maximum Gasteiger partial charge on any atom is 0.243 e. The molecule has 0 unspecified atom stereocenters. The largest absolute Gasteiger partial charge is 0.338 e. The molecule has 6 nitrogen and oxygen atoms in total. The number of sulfonamides is 1. The van der Waals surface area contributed by atoms with Crippen molar-refractivity contribution in [3.63, 3.8) is 0 Å². The van der Waals surface area contributed by atoms with Gasteiger partial charge in [-0.1, -0.05) is 25.5 Å². The van der Waals surface area contributed by atoms with Crippen LogP contribution in [0.3, 0.4) is 0 Å². The van der Waals surface area contributed by atoms with E-state index < -0.39 is 10.0 Å². The Bertz CT molecular complexity index is 770. The minimum absolute atomic E-state index is 0.372. The molecule has 25 heavy (non-hydrogen) atoms. The minimum atomic E-state index is -3.44. The van der Waals surface area contributed by atoms with Gasteiger partial charge in [-0.15, -0.1) is 0 Å². The Hall–Kier alpha value is -1.99. The van der Waals surface area contributed by atoms with Crippen LogP contribution in [0, 0.1) is 0 Å². The van der Waals surface area contributed by atoms with Crippen LogP contribution in [0.1, 0.15) is 25.3 Å². The molecule has 0 aliphatic carbocycles. The van der Waals surface area contributed by atoms with Crippen LogP contribution in [0.4, 0.5) is 5.95 Å². The molecule has 0 radical (unpaired) electrons. The van der Waals surface area contributed by atoms with Gasteiger partial charge in [0.05, 0.1) is 4.90 Å². The van der Waals surface area contributed by atoms with Crippen molar-refractivity contribution in [3.05, 3.63) is 48.3 Å². The summed E-state index contributed by atoms with van der Waals surface area (Å²) >= 11 is 0. The number of benzene rings is 1. The number of hydrogen-bond donors (Lipinski definition) is 0. The van der Waals surface area contributed by atoms with E-state index in [0.29, 0.717) is 37.0 Å². The Morgan fingerprint density at radius 3 is 2.24 bits per heavy atom. The molecule has 3 rings (SSSR count). The lowest BCUT2D eigenvalue weighted by Gasteiger charge is -2.33. The van der Waals surface area contributed by atoms with Gasteiger partial charge in [-0.25, -0.2) is 18.4 Å². The summed E-state index contributed by atoms with van der Waals surface area (Å²) in [6.45, 7) is 4.23. The first kappa shape index (κ1) is 17.8. The van der Waals surface area contributed by atoms with Gasteiger partial charge >= 0.3 is 0 Å². The summed E-state index contributed by atoms with van der Waals surface area (Å²) in [4.78, 5) is 10.8. The number of aryl methyl sites for hydroxylation is 1. The van der Waals surface area contributed by atoms with Crippen molar-refractivity contribution in [3.8, 4) is 0 Å². The molecular weight excluding hydrogens is 336 g/mol. The predicted octanol–water partition coefficient (Wildman–Crippen LogP) is 2.33. The molecule has 1 aromatic carbocycles. The minimum Gasteiger partial charge on any atom is -0.338 e. The molecule has 0 atom stereocenters. The van der Waals surface area contributed by atoms with Gasteiger partial charge in [0.2, 0.25) is 16.0 Å². The van der Waals surface area contributed by atoms with E-state index in [1.165, 1.54) is 5.56 Å². The highest BCUT2D eigenvalue weighted by Crippen LogP contribution is 2.20. The Labute approximate surface area is 149 Å². The Balaban J connectivity index is 1.65. The highest BCUT2D eigenvalue weighted by atomic mass is 32.2. The molecule has 1 saturated heterocycles. The molecule has 1 aliphatic rings. The van der Waals surface area contributed by atoms with Crippen molar-refractivity contribution < 1.29 is 8.42 Å². The zero-order chi connectivity index (χ0) is 17.7. The van der Waals surface area contributed by atoms with Gasteiger partial charge in [-0.2, -0.15) is 4.31 Å². The maximum absolute atomic E-state index is 12.8. The van der Waals surface area contributed by atoms with Gasteiger partial charge in [0, 0.05) is 38.6 Å². The van der Waals surface area contributed by atoms with E-state index in [1.54, 1.807) is 34.9 Å². The van der Waals surface area contributed by atoms with Gasteiger partial charge < -0.3 is 4.90 Å². The summed E-state index contributed by atoms with van der Waals surface area (Å²) in [5, 5.41) is 0. The second-order valence-corrected chi connectivity index (χ2v) is 8.13. The molecule has 1 fully saturated rings. The van der Waals surface area contributed by atoms with E-state index in [-0.39, 0.29) is 0 Å².